The van der Waals surface area contributed by atoms with Gasteiger partial charge in [0.15, 0.2) is 0 Å². The van der Waals surface area contributed by atoms with Crippen molar-refractivity contribution in [2.75, 3.05) is 0 Å². The van der Waals surface area contributed by atoms with Crippen molar-refractivity contribution < 1.29 is 36.9 Å². The van der Waals surface area contributed by atoms with Crippen molar-refractivity contribution in [1.29, 1.82) is 0 Å². The molecule has 217 valence electrons. The van der Waals surface area contributed by atoms with E-state index >= 15 is 0 Å². The molecule has 0 saturated heterocycles. The Morgan fingerprint density at radius 2 is 1.10 bits per heavy atom. The van der Waals surface area contributed by atoms with Crippen LogP contribution < -0.4 is 5.11 Å². The molecule has 1 fully saturated rings. The summed E-state index contributed by atoms with van der Waals surface area (Å²) in [6.07, 6.45) is 7.88. The monoisotopic (exact) mass is 580 g/mol. The molecule has 1 saturated carbocycles. The number of aromatic hydroxyl groups is 2. The Hall–Kier alpha value is -2.64. The molecular formula is C32H45CoN2O4-. The second-order valence-electron chi connectivity index (χ2n) is 12.5. The molecule has 7 heteroatoms. The van der Waals surface area contributed by atoms with E-state index in [0.717, 1.165) is 66.0 Å². The maximum atomic E-state index is 10.9. The number of nitrogens with zero attached hydrogens (tertiary/aromatic N) is 2. The number of aryl methyl sites for hydroxylation is 2. The number of carbonyl (C=O) groups excluding carboxylic acids is 1. The number of carbonyl (C=O) groups is 1. The SMILES string of the molecule is CC(=O)[O-].Cc1cc(C=NC2CCCCC2N=Cc2cc(C)cc(C(C)(C)C)c2O)c(O)c(C(C)(C)C)c1.[Co]. The molecule has 2 unspecified atom stereocenters. The molecule has 0 aromatic heterocycles. The molecule has 1 aliphatic carbocycles. The van der Waals surface area contributed by atoms with Crippen molar-refractivity contribution in [2.45, 2.75) is 111 Å². The number of aliphatic carboxylic acids is 1. The number of aliphatic imine (C=N–C) groups is 2. The van der Waals surface area contributed by atoms with Crippen LogP contribution in [0.1, 0.15) is 108 Å². The molecule has 0 bridgehead atoms. The molecule has 0 heterocycles. The third-order valence-corrected chi connectivity index (χ3v) is 6.69. The van der Waals surface area contributed by atoms with Crippen LogP contribution in [0, 0.1) is 13.8 Å². The van der Waals surface area contributed by atoms with Crippen LogP contribution in [0.15, 0.2) is 34.3 Å². The van der Waals surface area contributed by atoms with Crippen molar-refractivity contribution in [3.63, 3.8) is 0 Å². The molecule has 2 aromatic carbocycles. The van der Waals surface area contributed by atoms with Crippen LogP contribution in [0.5, 0.6) is 11.5 Å². The standard InChI is InChI=1S/C30H42N2O2.C2H4O2.Co/c1-19-13-21(27(33)23(15-19)29(3,4)5)17-31-25-11-9-10-12-26(25)32-18-22-14-20(2)16-24(28(22)34)30(6,7)8;1-2(3)4;/h13-18,25-26,33-34H,9-12H2,1-8H3;1H3,(H,3,4);/p-1. The quantitative estimate of drug-likeness (QED) is 0.439. The molecule has 2 aromatic rings. The van der Waals surface area contributed by atoms with Gasteiger partial charge in [0.25, 0.3) is 0 Å². The van der Waals surface area contributed by atoms with Gasteiger partial charge >= 0.3 is 0 Å². The minimum absolute atomic E-state index is 0. The van der Waals surface area contributed by atoms with Gasteiger partial charge in [0.05, 0.1) is 12.1 Å². The maximum absolute atomic E-state index is 10.9. The van der Waals surface area contributed by atoms with Crippen molar-refractivity contribution in [2.24, 2.45) is 9.98 Å². The Balaban J connectivity index is 0.00000142. The number of carboxylic acids is 1. The summed E-state index contributed by atoms with van der Waals surface area (Å²) in [7, 11) is 0. The first-order valence-electron chi connectivity index (χ1n) is 13.4. The van der Waals surface area contributed by atoms with Gasteiger partial charge in [-0.25, -0.2) is 0 Å². The van der Waals surface area contributed by atoms with Gasteiger partial charge in [-0.1, -0.05) is 66.5 Å². The zero-order valence-corrected chi connectivity index (χ0v) is 25.9. The van der Waals surface area contributed by atoms with Gasteiger partial charge in [-0.15, -0.1) is 0 Å². The number of rotatable bonds is 4. The summed E-state index contributed by atoms with van der Waals surface area (Å²) in [6.45, 7) is 17.8. The van der Waals surface area contributed by atoms with Crippen LogP contribution in [0.25, 0.3) is 0 Å². The van der Waals surface area contributed by atoms with E-state index in [4.69, 9.17) is 19.9 Å². The smallest absolute Gasteiger partial charge is 0.128 e. The first-order chi connectivity index (χ1) is 17.5. The average molecular weight is 581 g/mol. The summed E-state index contributed by atoms with van der Waals surface area (Å²) >= 11 is 0. The predicted octanol–water partition coefficient (Wildman–Crippen LogP) is 5.91. The summed E-state index contributed by atoms with van der Waals surface area (Å²) in [5.74, 6) is -0.450. The first-order valence-corrected chi connectivity index (χ1v) is 13.4. The molecular weight excluding hydrogens is 535 g/mol. The zero-order chi connectivity index (χ0) is 28.8. The topological polar surface area (TPSA) is 105 Å². The van der Waals surface area contributed by atoms with E-state index in [1.54, 1.807) is 0 Å². The number of carboxylic acid groups (broad SMARTS) is 1. The first kappa shape index (κ1) is 34.4. The summed E-state index contributed by atoms with van der Waals surface area (Å²) in [5.41, 5.74) is 5.37. The van der Waals surface area contributed by atoms with Gasteiger partial charge in [0, 0.05) is 57.4 Å². The van der Waals surface area contributed by atoms with Crippen LogP contribution >= 0.6 is 0 Å². The fourth-order valence-electron chi connectivity index (χ4n) is 4.75. The predicted molar refractivity (Wildman–Crippen MR) is 155 cm³/mol. The van der Waals surface area contributed by atoms with E-state index in [2.05, 4.69) is 67.5 Å². The van der Waals surface area contributed by atoms with Gasteiger partial charge in [0.1, 0.15) is 11.5 Å². The van der Waals surface area contributed by atoms with Gasteiger partial charge in [-0.05, 0) is 67.7 Å². The van der Waals surface area contributed by atoms with Crippen molar-refractivity contribution in [3.8, 4) is 11.5 Å². The minimum atomic E-state index is -1.08. The maximum Gasteiger partial charge on any atom is 0.128 e. The van der Waals surface area contributed by atoms with Crippen LogP contribution in [0.4, 0.5) is 0 Å². The molecule has 6 nitrogen and oxygen atoms in total. The number of hydrogen-bond acceptors (Lipinski definition) is 6. The summed E-state index contributed by atoms with van der Waals surface area (Å²) in [6, 6.07) is 8.23. The van der Waals surface area contributed by atoms with E-state index in [0.29, 0.717) is 11.5 Å². The van der Waals surface area contributed by atoms with Gasteiger partial charge in [-0.3, -0.25) is 9.98 Å². The Bertz CT molecular complexity index is 1100. The van der Waals surface area contributed by atoms with Crippen molar-refractivity contribution >= 4 is 18.4 Å². The second-order valence-corrected chi connectivity index (χ2v) is 12.5. The summed E-state index contributed by atoms with van der Waals surface area (Å²) < 4.78 is 0. The molecule has 39 heavy (non-hydrogen) atoms. The van der Waals surface area contributed by atoms with Gasteiger partial charge < -0.3 is 20.1 Å². The van der Waals surface area contributed by atoms with E-state index < -0.39 is 5.97 Å². The molecule has 0 amide bonds. The Morgan fingerprint density at radius 1 is 0.795 bits per heavy atom. The van der Waals surface area contributed by atoms with Crippen LogP contribution in [-0.4, -0.2) is 40.7 Å². The number of phenolic OH excluding ortho intramolecular Hbond substituents is 2. The minimum Gasteiger partial charge on any atom is -0.550 e. The molecule has 1 aliphatic rings. The molecule has 3 rings (SSSR count). The zero-order valence-electron chi connectivity index (χ0n) is 24.9. The molecule has 0 aliphatic heterocycles. The average Bonchev–Trinajstić information content (AvgIpc) is 2.78. The third kappa shape index (κ3) is 10.1. The molecule has 2 atom stereocenters. The Morgan fingerprint density at radius 3 is 1.38 bits per heavy atom. The second kappa shape index (κ2) is 14.1. The van der Waals surface area contributed by atoms with E-state index in [1.807, 2.05) is 24.6 Å². The normalized spacial score (nSPS) is 18.0. The van der Waals surface area contributed by atoms with Crippen molar-refractivity contribution in [3.05, 3.63) is 57.6 Å². The molecule has 2 N–H and O–H groups in total. The summed E-state index contributed by atoms with van der Waals surface area (Å²) in [5, 5.41) is 30.7. The van der Waals surface area contributed by atoms with Crippen LogP contribution in [0.3, 0.4) is 0 Å². The summed E-state index contributed by atoms with van der Waals surface area (Å²) in [4.78, 5) is 18.7. The molecule has 0 spiro atoms. The fourth-order valence-corrected chi connectivity index (χ4v) is 4.75. The largest absolute Gasteiger partial charge is 0.550 e. The third-order valence-electron chi connectivity index (χ3n) is 6.69. The number of hydrogen-bond donors (Lipinski definition) is 2. The van der Waals surface area contributed by atoms with E-state index in [-0.39, 0.29) is 39.7 Å². The van der Waals surface area contributed by atoms with E-state index in [1.165, 1.54) is 0 Å². The van der Waals surface area contributed by atoms with E-state index in [9.17, 15) is 10.2 Å². The van der Waals surface area contributed by atoms with Gasteiger partial charge in [-0.2, -0.15) is 0 Å². The Kier molecular flexibility index (Phi) is 12.5. The van der Waals surface area contributed by atoms with Crippen molar-refractivity contribution in [1.82, 2.24) is 0 Å². The Labute approximate surface area is 244 Å². The van der Waals surface area contributed by atoms with Crippen LogP contribution in [-0.2, 0) is 32.4 Å². The number of phenols is 2. The van der Waals surface area contributed by atoms with Crippen LogP contribution in [0.2, 0.25) is 0 Å². The van der Waals surface area contributed by atoms with Gasteiger partial charge in [0.2, 0.25) is 0 Å². The number of benzene rings is 2. The molecule has 1 radical (unpaired) electrons. The fraction of sp³-hybridized carbons (Fsp3) is 0.531.